The number of rotatable bonds is 12. The van der Waals surface area contributed by atoms with E-state index in [2.05, 4.69) is 17.0 Å². The van der Waals surface area contributed by atoms with Crippen molar-refractivity contribution >= 4 is 21.8 Å². The molecule has 0 aromatic carbocycles. The Labute approximate surface area is 110 Å². The molecule has 0 unspecified atom stereocenters. The summed E-state index contributed by atoms with van der Waals surface area (Å²) >= 11 is 1.74. The fourth-order valence-corrected chi connectivity index (χ4v) is 2.98. The van der Waals surface area contributed by atoms with Gasteiger partial charge < -0.3 is 5.32 Å². The fraction of sp³-hybridized carbons (Fsp3) is 1.00. The summed E-state index contributed by atoms with van der Waals surface area (Å²) in [5, 5.41) is 3.26. The van der Waals surface area contributed by atoms with Crippen LogP contribution in [0.25, 0.3) is 0 Å². The van der Waals surface area contributed by atoms with Crippen LogP contribution in [0.1, 0.15) is 32.6 Å². The van der Waals surface area contributed by atoms with Gasteiger partial charge in [0.15, 0.2) is 0 Å². The Morgan fingerprint density at radius 3 is 2.47 bits per heavy atom. The lowest BCUT2D eigenvalue weighted by Crippen LogP contribution is -2.28. The minimum absolute atomic E-state index is 0.250. The highest BCUT2D eigenvalue weighted by atomic mass is 32.2. The van der Waals surface area contributed by atoms with Crippen LogP contribution in [-0.4, -0.2) is 45.8 Å². The Morgan fingerprint density at radius 1 is 1.06 bits per heavy atom. The van der Waals surface area contributed by atoms with Gasteiger partial charge in [-0.1, -0.05) is 6.92 Å². The second kappa shape index (κ2) is 11.3. The van der Waals surface area contributed by atoms with Crippen LogP contribution in [0, 0.1) is 0 Å². The lowest BCUT2D eigenvalue weighted by molar-refractivity contribution is 0.572. The Morgan fingerprint density at radius 2 is 1.82 bits per heavy atom. The molecule has 0 amide bonds. The zero-order chi connectivity index (χ0) is 13.0. The highest BCUT2D eigenvalue weighted by Gasteiger charge is 2.08. The minimum atomic E-state index is -3.04. The Balaban J connectivity index is 3.44. The van der Waals surface area contributed by atoms with Crippen LogP contribution in [0.15, 0.2) is 0 Å². The molecule has 0 aliphatic rings. The van der Waals surface area contributed by atoms with Gasteiger partial charge in [0, 0.05) is 6.54 Å². The van der Waals surface area contributed by atoms with Crippen LogP contribution in [-0.2, 0) is 10.0 Å². The number of sulfonamides is 1. The first-order chi connectivity index (χ1) is 8.12. The van der Waals surface area contributed by atoms with E-state index in [4.69, 9.17) is 0 Å². The second-order valence-corrected chi connectivity index (χ2v) is 6.93. The monoisotopic (exact) mass is 282 g/mol. The zero-order valence-corrected chi connectivity index (χ0v) is 12.6. The van der Waals surface area contributed by atoms with Crippen LogP contribution in [0.5, 0.6) is 0 Å². The molecular formula is C11H26N2O2S2. The van der Waals surface area contributed by atoms with Gasteiger partial charge in [-0.3, -0.25) is 0 Å². The van der Waals surface area contributed by atoms with Crippen LogP contribution >= 0.6 is 11.8 Å². The van der Waals surface area contributed by atoms with E-state index in [-0.39, 0.29) is 5.75 Å². The molecule has 0 aromatic heterocycles. The van der Waals surface area contributed by atoms with E-state index in [9.17, 15) is 8.42 Å². The third-order valence-electron chi connectivity index (χ3n) is 2.29. The third-order valence-corrected chi connectivity index (χ3v) is 4.46. The molecule has 0 radical (unpaired) electrons. The molecule has 17 heavy (non-hydrogen) atoms. The molecule has 4 nitrogen and oxygen atoms in total. The molecule has 2 N–H and O–H groups in total. The van der Waals surface area contributed by atoms with Gasteiger partial charge in [-0.15, -0.1) is 0 Å². The summed E-state index contributed by atoms with van der Waals surface area (Å²) < 4.78 is 25.7. The van der Waals surface area contributed by atoms with Crippen molar-refractivity contribution in [2.45, 2.75) is 32.6 Å². The lowest BCUT2D eigenvalue weighted by atomic mass is 10.3. The quantitative estimate of drug-likeness (QED) is 0.532. The summed E-state index contributed by atoms with van der Waals surface area (Å²) in [4.78, 5) is 0. The summed E-state index contributed by atoms with van der Waals surface area (Å²) in [6.45, 7) is 4.61. The van der Waals surface area contributed by atoms with Crippen molar-refractivity contribution < 1.29 is 8.42 Å². The van der Waals surface area contributed by atoms with Gasteiger partial charge in [0.1, 0.15) is 0 Å². The van der Waals surface area contributed by atoms with Crippen molar-refractivity contribution in [2.24, 2.45) is 0 Å². The molecule has 104 valence electrons. The zero-order valence-electron chi connectivity index (χ0n) is 11.0. The van der Waals surface area contributed by atoms with E-state index in [1.807, 2.05) is 6.26 Å². The standard InChI is InChI=1S/C11H26N2O2S2/c1-3-7-12-8-4-5-11-17(14,15)13-9-6-10-16-2/h12-13H,3-11H2,1-2H3. The normalized spacial score (nSPS) is 11.9. The fourth-order valence-electron chi connectivity index (χ4n) is 1.36. The van der Waals surface area contributed by atoms with Crippen LogP contribution in [0.2, 0.25) is 0 Å². The van der Waals surface area contributed by atoms with E-state index < -0.39 is 10.0 Å². The molecule has 6 heteroatoms. The van der Waals surface area contributed by atoms with Crippen LogP contribution < -0.4 is 10.0 Å². The number of thioether (sulfide) groups is 1. The average Bonchev–Trinajstić information content (AvgIpc) is 2.29. The smallest absolute Gasteiger partial charge is 0.211 e. The maximum Gasteiger partial charge on any atom is 0.211 e. The van der Waals surface area contributed by atoms with Crippen LogP contribution in [0.3, 0.4) is 0 Å². The van der Waals surface area contributed by atoms with Crippen LogP contribution in [0.4, 0.5) is 0 Å². The number of unbranched alkanes of at least 4 members (excludes halogenated alkanes) is 1. The molecule has 0 bridgehead atoms. The van der Waals surface area contributed by atoms with Gasteiger partial charge in [0.05, 0.1) is 5.75 Å². The SMILES string of the molecule is CCCNCCCCS(=O)(=O)NCCCSC. The molecule has 0 fully saturated rings. The molecule has 0 saturated carbocycles. The summed E-state index contributed by atoms with van der Waals surface area (Å²) in [5.41, 5.74) is 0. The van der Waals surface area contributed by atoms with E-state index in [0.29, 0.717) is 6.54 Å². The summed E-state index contributed by atoms with van der Waals surface area (Å²) in [5.74, 6) is 1.25. The first kappa shape index (κ1) is 17.2. The lowest BCUT2D eigenvalue weighted by Gasteiger charge is -2.06. The molecule has 0 aliphatic carbocycles. The highest BCUT2D eigenvalue weighted by Crippen LogP contribution is 1.97. The Hall–Kier alpha value is 0.220. The maximum atomic E-state index is 11.5. The summed E-state index contributed by atoms with van der Waals surface area (Å²) in [6, 6.07) is 0. The van der Waals surface area contributed by atoms with Gasteiger partial charge in [-0.2, -0.15) is 11.8 Å². The molecule has 0 aromatic rings. The minimum Gasteiger partial charge on any atom is -0.317 e. The molecule has 0 atom stereocenters. The van der Waals surface area contributed by atoms with Crippen molar-refractivity contribution in [3.8, 4) is 0 Å². The van der Waals surface area contributed by atoms with Gasteiger partial charge in [-0.05, 0) is 50.8 Å². The van der Waals surface area contributed by atoms with Crippen molar-refractivity contribution in [1.29, 1.82) is 0 Å². The van der Waals surface area contributed by atoms with E-state index >= 15 is 0 Å². The number of hydrogen-bond acceptors (Lipinski definition) is 4. The molecule has 0 aliphatic heterocycles. The predicted molar refractivity (Wildman–Crippen MR) is 77.2 cm³/mol. The number of nitrogens with one attached hydrogen (secondary N) is 2. The van der Waals surface area contributed by atoms with E-state index in [1.165, 1.54) is 0 Å². The van der Waals surface area contributed by atoms with Crippen molar-refractivity contribution in [1.82, 2.24) is 10.0 Å². The average molecular weight is 282 g/mol. The van der Waals surface area contributed by atoms with E-state index in [0.717, 1.165) is 44.5 Å². The first-order valence-electron chi connectivity index (χ1n) is 6.29. The molecule has 0 heterocycles. The Bertz CT molecular complexity index is 256. The molecule has 0 spiro atoms. The number of hydrogen-bond donors (Lipinski definition) is 2. The molecule has 0 rings (SSSR count). The predicted octanol–water partition coefficient (Wildman–Crippen LogP) is 1.44. The summed E-state index contributed by atoms with van der Waals surface area (Å²) in [7, 11) is -3.04. The van der Waals surface area contributed by atoms with Gasteiger partial charge in [-0.25, -0.2) is 13.1 Å². The van der Waals surface area contributed by atoms with Crippen molar-refractivity contribution in [3.63, 3.8) is 0 Å². The van der Waals surface area contributed by atoms with Gasteiger partial charge in [0.25, 0.3) is 0 Å². The molecule has 0 saturated heterocycles. The summed E-state index contributed by atoms with van der Waals surface area (Å²) in [6.07, 6.45) is 5.70. The van der Waals surface area contributed by atoms with Gasteiger partial charge >= 0.3 is 0 Å². The van der Waals surface area contributed by atoms with Gasteiger partial charge in [0.2, 0.25) is 10.0 Å². The van der Waals surface area contributed by atoms with Crippen molar-refractivity contribution in [3.05, 3.63) is 0 Å². The maximum absolute atomic E-state index is 11.5. The second-order valence-electron chi connectivity index (χ2n) is 4.02. The third kappa shape index (κ3) is 12.5. The first-order valence-corrected chi connectivity index (χ1v) is 9.34. The van der Waals surface area contributed by atoms with E-state index in [1.54, 1.807) is 11.8 Å². The van der Waals surface area contributed by atoms with Crippen molar-refractivity contribution in [2.75, 3.05) is 37.4 Å². The largest absolute Gasteiger partial charge is 0.317 e. The molecular weight excluding hydrogens is 256 g/mol. The Kier molecular flexibility index (Phi) is 11.5. The highest BCUT2D eigenvalue weighted by molar-refractivity contribution is 7.98. The topological polar surface area (TPSA) is 58.2 Å².